The molecule has 1 aliphatic rings. The van der Waals surface area contributed by atoms with E-state index in [0.29, 0.717) is 29.4 Å². The van der Waals surface area contributed by atoms with E-state index in [9.17, 15) is 4.39 Å². The number of nitrogens with zero attached hydrogens (tertiary/aromatic N) is 2. The van der Waals surface area contributed by atoms with E-state index in [1.165, 1.54) is 6.07 Å². The van der Waals surface area contributed by atoms with Gasteiger partial charge in [-0.2, -0.15) is 0 Å². The van der Waals surface area contributed by atoms with Gasteiger partial charge >= 0.3 is 0 Å². The summed E-state index contributed by atoms with van der Waals surface area (Å²) in [6.07, 6.45) is 2.26. The Morgan fingerprint density at radius 1 is 1.26 bits per heavy atom. The summed E-state index contributed by atoms with van der Waals surface area (Å²) in [6, 6.07) is 13.0. The van der Waals surface area contributed by atoms with Crippen LogP contribution in [0.1, 0.15) is 23.6 Å². The number of pyridine rings is 1. The molecule has 0 saturated heterocycles. The van der Waals surface area contributed by atoms with Crippen molar-refractivity contribution in [3.8, 4) is 0 Å². The van der Waals surface area contributed by atoms with E-state index in [1.54, 1.807) is 12.3 Å². The molecular weight excluding hydrogens is 365 g/mol. The molecule has 0 unspecified atom stereocenters. The smallest absolute Gasteiger partial charge is 0.128 e. The van der Waals surface area contributed by atoms with Crippen LogP contribution in [0.15, 0.2) is 53.7 Å². The van der Waals surface area contributed by atoms with Crippen LogP contribution in [0.25, 0.3) is 10.9 Å². The Kier molecular flexibility index (Phi) is 4.58. The molecule has 1 aromatic heterocycles. The first-order chi connectivity index (χ1) is 12.9. The standard InChI is InChI=1S/C21H19ClFN3O/c1-21(12-27-11-19(24)26-21)17-8-13(5-6-18(17)23)7-14-3-2-4-15-9-16(22)10-25-20(14)15/h2-6,8-10H,7,11-12H2,1H3,(H2,24,26)/t21-/m0/s1. The van der Waals surface area contributed by atoms with Crippen LogP contribution >= 0.6 is 11.6 Å². The number of ether oxygens (including phenoxy) is 1. The fraction of sp³-hybridized carbons (Fsp3) is 0.238. The Balaban J connectivity index is 1.73. The molecule has 2 N–H and O–H groups in total. The molecule has 4 nitrogen and oxygen atoms in total. The zero-order valence-electron chi connectivity index (χ0n) is 14.9. The molecule has 2 aromatic carbocycles. The molecule has 0 fully saturated rings. The summed E-state index contributed by atoms with van der Waals surface area (Å²) in [4.78, 5) is 8.92. The lowest BCUT2D eigenvalue weighted by atomic mass is 9.89. The van der Waals surface area contributed by atoms with Gasteiger partial charge in [-0.25, -0.2) is 4.39 Å². The van der Waals surface area contributed by atoms with Gasteiger partial charge in [0.05, 0.1) is 17.1 Å². The lowest BCUT2D eigenvalue weighted by molar-refractivity contribution is 0.104. The number of rotatable bonds is 3. The number of fused-ring (bicyclic) bond motifs is 1. The third-order valence-electron chi connectivity index (χ3n) is 4.79. The van der Waals surface area contributed by atoms with Gasteiger partial charge in [-0.3, -0.25) is 9.98 Å². The van der Waals surface area contributed by atoms with Gasteiger partial charge in [-0.1, -0.05) is 41.9 Å². The van der Waals surface area contributed by atoms with Gasteiger partial charge < -0.3 is 10.5 Å². The molecule has 27 heavy (non-hydrogen) atoms. The minimum Gasteiger partial charge on any atom is -0.386 e. The number of para-hydroxylation sites is 1. The quantitative estimate of drug-likeness (QED) is 0.736. The van der Waals surface area contributed by atoms with Crippen LogP contribution in [0.5, 0.6) is 0 Å². The van der Waals surface area contributed by atoms with Crippen LogP contribution in [0, 0.1) is 5.82 Å². The number of hydrogen-bond donors (Lipinski definition) is 1. The van der Waals surface area contributed by atoms with Crippen molar-refractivity contribution >= 4 is 28.3 Å². The molecule has 0 radical (unpaired) electrons. The van der Waals surface area contributed by atoms with Gasteiger partial charge in [0.1, 0.15) is 23.8 Å². The van der Waals surface area contributed by atoms with Crippen molar-refractivity contribution < 1.29 is 9.13 Å². The first-order valence-electron chi connectivity index (χ1n) is 8.69. The van der Waals surface area contributed by atoms with E-state index in [0.717, 1.165) is 22.0 Å². The second kappa shape index (κ2) is 6.91. The molecular formula is C21H19ClFN3O. The van der Waals surface area contributed by atoms with Crippen molar-refractivity contribution in [1.82, 2.24) is 4.98 Å². The second-order valence-corrected chi connectivity index (χ2v) is 7.44. The monoisotopic (exact) mass is 383 g/mol. The number of hydrogen-bond acceptors (Lipinski definition) is 4. The molecule has 6 heteroatoms. The van der Waals surface area contributed by atoms with Crippen LogP contribution in [0.2, 0.25) is 5.02 Å². The van der Waals surface area contributed by atoms with Gasteiger partial charge in [0.2, 0.25) is 0 Å². The predicted octanol–water partition coefficient (Wildman–Crippen LogP) is 4.22. The lowest BCUT2D eigenvalue weighted by Crippen LogP contribution is -2.38. The highest BCUT2D eigenvalue weighted by Crippen LogP contribution is 2.32. The van der Waals surface area contributed by atoms with Gasteiger partial charge in [-0.15, -0.1) is 0 Å². The van der Waals surface area contributed by atoms with Crippen LogP contribution in [0.3, 0.4) is 0 Å². The summed E-state index contributed by atoms with van der Waals surface area (Å²) < 4.78 is 20.1. The fourth-order valence-corrected chi connectivity index (χ4v) is 3.69. The molecule has 4 rings (SSSR count). The largest absolute Gasteiger partial charge is 0.386 e. The van der Waals surface area contributed by atoms with E-state index < -0.39 is 5.54 Å². The van der Waals surface area contributed by atoms with Gasteiger partial charge in [0.25, 0.3) is 0 Å². The van der Waals surface area contributed by atoms with Crippen molar-refractivity contribution in [3.63, 3.8) is 0 Å². The number of halogens is 2. The summed E-state index contributed by atoms with van der Waals surface area (Å²) in [5.41, 5.74) is 8.39. The molecule has 0 aliphatic carbocycles. The zero-order chi connectivity index (χ0) is 19.0. The summed E-state index contributed by atoms with van der Waals surface area (Å²) in [6.45, 7) is 2.41. The van der Waals surface area contributed by atoms with Gasteiger partial charge in [-0.05, 0) is 36.6 Å². The van der Waals surface area contributed by atoms with Crippen LogP contribution in [-0.4, -0.2) is 24.0 Å². The predicted molar refractivity (Wildman–Crippen MR) is 106 cm³/mol. The first-order valence-corrected chi connectivity index (χ1v) is 9.06. The van der Waals surface area contributed by atoms with Crippen molar-refractivity contribution in [1.29, 1.82) is 0 Å². The Morgan fingerprint density at radius 2 is 2.11 bits per heavy atom. The molecule has 138 valence electrons. The maximum absolute atomic E-state index is 14.6. The molecule has 3 aromatic rings. The van der Waals surface area contributed by atoms with E-state index >= 15 is 0 Å². The van der Waals surface area contributed by atoms with E-state index in [-0.39, 0.29) is 12.4 Å². The molecule has 0 spiro atoms. The van der Waals surface area contributed by atoms with Crippen LogP contribution < -0.4 is 5.73 Å². The molecule has 2 heterocycles. The molecule has 1 atom stereocenters. The van der Waals surface area contributed by atoms with Crippen molar-refractivity contribution in [2.45, 2.75) is 18.9 Å². The molecule has 0 amide bonds. The maximum atomic E-state index is 14.6. The summed E-state index contributed by atoms with van der Waals surface area (Å²) >= 11 is 6.04. The van der Waals surface area contributed by atoms with E-state index in [4.69, 9.17) is 22.1 Å². The number of nitrogens with two attached hydrogens (primary N) is 1. The fourth-order valence-electron chi connectivity index (χ4n) is 3.53. The highest BCUT2D eigenvalue weighted by molar-refractivity contribution is 6.31. The molecule has 1 aliphatic heterocycles. The minimum absolute atomic E-state index is 0.279. The zero-order valence-corrected chi connectivity index (χ0v) is 15.6. The van der Waals surface area contributed by atoms with Crippen LogP contribution in [-0.2, 0) is 16.7 Å². The number of benzene rings is 2. The molecule has 0 bridgehead atoms. The average molecular weight is 384 g/mol. The normalized spacial score (nSPS) is 19.9. The number of aliphatic imine (C=N–C) groups is 1. The van der Waals surface area contributed by atoms with E-state index in [1.807, 2.05) is 37.3 Å². The van der Waals surface area contributed by atoms with Gasteiger partial charge in [0.15, 0.2) is 0 Å². The highest BCUT2D eigenvalue weighted by atomic mass is 35.5. The lowest BCUT2D eigenvalue weighted by Gasteiger charge is -2.30. The Morgan fingerprint density at radius 3 is 2.93 bits per heavy atom. The third kappa shape index (κ3) is 3.53. The minimum atomic E-state index is -0.826. The number of amidine groups is 1. The Hall–Kier alpha value is -2.50. The van der Waals surface area contributed by atoms with Crippen molar-refractivity contribution in [3.05, 3.63) is 76.2 Å². The average Bonchev–Trinajstić information content (AvgIpc) is 2.63. The van der Waals surface area contributed by atoms with Gasteiger partial charge in [0, 0.05) is 17.1 Å². The third-order valence-corrected chi connectivity index (χ3v) is 5.00. The second-order valence-electron chi connectivity index (χ2n) is 7.00. The molecule has 0 saturated carbocycles. The SMILES string of the molecule is C[C@@]1(c2cc(Cc3cccc4cc(Cl)cnc34)ccc2F)COCC(N)=N1. The topological polar surface area (TPSA) is 60.5 Å². The highest BCUT2D eigenvalue weighted by Gasteiger charge is 2.32. The van der Waals surface area contributed by atoms with Crippen molar-refractivity contribution in [2.75, 3.05) is 13.2 Å². The Labute approximate surface area is 161 Å². The number of aromatic nitrogens is 1. The summed E-state index contributed by atoms with van der Waals surface area (Å²) in [7, 11) is 0. The van der Waals surface area contributed by atoms with Crippen molar-refractivity contribution in [2.24, 2.45) is 10.7 Å². The first kappa shape index (κ1) is 17.9. The summed E-state index contributed by atoms with van der Waals surface area (Å²) in [5.74, 6) is 0.0646. The Bertz CT molecular complexity index is 1050. The maximum Gasteiger partial charge on any atom is 0.128 e. The van der Waals surface area contributed by atoms with E-state index in [2.05, 4.69) is 9.98 Å². The summed E-state index contributed by atoms with van der Waals surface area (Å²) in [5, 5.41) is 1.58. The van der Waals surface area contributed by atoms with Crippen LogP contribution in [0.4, 0.5) is 4.39 Å².